The molecule has 96 valence electrons. The molecule has 16 heavy (non-hydrogen) atoms. The van der Waals surface area contributed by atoms with Gasteiger partial charge in [-0.05, 0) is 33.4 Å². The van der Waals surface area contributed by atoms with Crippen molar-refractivity contribution in [3.63, 3.8) is 0 Å². The molecule has 0 saturated carbocycles. The fourth-order valence-corrected chi connectivity index (χ4v) is 3.15. The molecule has 1 heterocycles. The Hall–Kier alpha value is -0.160. The summed E-state index contributed by atoms with van der Waals surface area (Å²) in [4.78, 5) is 2.32. The van der Waals surface area contributed by atoms with Gasteiger partial charge in [-0.15, -0.1) is 0 Å². The largest absolute Gasteiger partial charge is 0.381 e. The van der Waals surface area contributed by atoms with Gasteiger partial charge in [-0.25, -0.2) is 0 Å². The van der Waals surface area contributed by atoms with E-state index in [0.717, 1.165) is 32.5 Å². The lowest BCUT2D eigenvalue weighted by Crippen LogP contribution is -2.63. The summed E-state index contributed by atoms with van der Waals surface area (Å²) < 4.78 is 5.49. The standard InChI is InChI=1S/C12H27N3O/c1-5-12(6-2,15(3)4)11(14-13)10-7-8-16-9-10/h10-11,14H,5-9,13H2,1-4H3. The van der Waals surface area contributed by atoms with Crippen LogP contribution in [0.5, 0.6) is 0 Å². The number of hydrogen-bond donors (Lipinski definition) is 2. The zero-order valence-corrected chi connectivity index (χ0v) is 11.1. The Bertz CT molecular complexity index is 198. The van der Waals surface area contributed by atoms with Gasteiger partial charge in [-0.3, -0.25) is 11.3 Å². The van der Waals surface area contributed by atoms with Crippen LogP contribution in [0, 0.1) is 5.92 Å². The van der Waals surface area contributed by atoms with Gasteiger partial charge in [0, 0.05) is 24.1 Å². The summed E-state index contributed by atoms with van der Waals surface area (Å²) in [5.74, 6) is 6.33. The quantitative estimate of drug-likeness (QED) is 0.526. The molecular weight excluding hydrogens is 202 g/mol. The first-order valence-corrected chi connectivity index (χ1v) is 6.33. The van der Waals surface area contributed by atoms with Crippen LogP contribution in [0.4, 0.5) is 0 Å². The lowest BCUT2D eigenvalue weighted by atomic mass is 9.77. The summed E-state index contributed by atoms with van der Waals surface area (Å²) in [6, 6.07) is 0.306. The number of nitrogens with zero attached hydrogens (tertiary/aromatic N) is 1. The second-order valence-electron chi connectivity index (χ2n) is 4.97. The minimum atomic E-state index is 0.132. The number of ether oxygens (including phenoxy) is 1. The highest BCUT2D eigenvalue weighted by molar-refractivity contribution is 5.00. The number of hydrogen-bond acceptors (Lipinski definition) is 4. The van der Waals surface area contributed by atoms with Crippen LogP contribution < -0.4 is 11.3 Å². The monoisotopic (exact) mass is 229 g/mol. The van der Waals surface area contributed by atoms with Crippen molar-refractivity contribution in [1.82, 2.24) is 10.3 Å². The van der Waals surface area contributed by atoms with Crippen molar-refractivity contribution in [2.24, 2.45) is 11.8 Å². The Morgan fingerprint density at radius 3 is 2.38 bits per heavy atom. The molecule has 4 heteroatoms. The predicted molar refractivity (Wildman–Crippen MR) is 67.0 cm³/mol. The fraction of sp³-hybridized carbons (Fsp3) is 1.00. The van der Waals surface area contributed by atoms with Crippen LogP contribution in [0.1, 0.15) is 33.1 Å². The van der Waals surface area contributed by atoms with E-state index in [-0.39, 0.29) is 5.54 Å². The van der Waals surface area contributed by atoms with Crippen molar-refractivity contribution < 1.29 is 4.74 Å². The zero-order chi connectivity index (χ0) is 12.2. The molecule has 3 N–H and O–H groups in total. The molecule has 0 aromatic heterocycles. The first-order valence-electron chi connectivity index (χ1n) is 6.33. The van der Waals surface area contributed by atoms with E-state index in [4.69, 9.17) is 10.6 Å². The van der Waals surface area contributed by atoms with E-state index in [1.165, 1.54) is 0 Å². The van der Waals surface area contributed by atoms with Gasteiger partial charge >= 0.3 is 0 Å². The third-order valence-corrected chi connectivity index (χ3v) is 4.31. The molecule has 0 amide bonds. The average molecular weight is 229 g/mol. The van der Waals surface area contributed by atoms with Crippen LogP contribution in [-0.4, -0.2) is 43.8 Å². The van der Waals surface area contributed by atoms with Crippen molar-refractivity contribution in [2.75, 3.05) is 27.3 Å². The second kappa shape index (κ2) is 5.96. The number of rotatable bonds is 6. The zero-order valence-electron chi connectivity index (χ0n) is 11.1. The molecular formula is C12H27N3O. The van der Waals surface area contributed by atoms with E-state index < -0.39 is 0 Å². The Kier molecular flexibility index (Phi) is 5.18. The third-order valence-electron chi connectivity index (χ3n) is 4.31. The van der Waals surface area contributed by atoms with Gasteiger partial charge in [0.25, 0.3) is 0 Å². The van der Waals surface area contributed by atoms with Gasteiger partial charge in [-0.1, -0.05) is 13.8 Å². The van der Waals surface area contributed by atoms with Gasteiger partial charge in [0.05, 0.1) is 6.61 Å². The van der Waals surface area contributed by atoms with Crippen molar-refractivity contribution in [1.29, 1.82) is 0 Å². The third kappa shape index (κ3) is 2.40. The Morgan fingerprint density at radius 1 is 1.44 bits per heavy atom. The topological polar surface area (TPSA) is 50.5 Å². The van der Waals surface area contributed by atoms with Gasteiger partial charge in [-0.2, -0.15) is 0 Å². The maximum Gasteiger partial charge on any atom is 0.0511 e. The smallest absolute Gasteiger partial charge is 0.0511 e. The highest BCUT2D eigenvalue weighted by Crippen LogP contribution is 2.32. The van der Waals surface area contributed by atoms with Crippen LogP contribution in [0.3, 0.4) is 0 Å². The summed E-state index contributed by atoms with van der Waals surface area (Å²) in [7, 11) is 4.29. The van der Waals surface area contributed by atoms with Crippen molar-refractivity contribution >= 4 is 0 Å². The van der Waals surface area contributed by atoms with Crippen LogP contribution in [0.2, 0.25) is 0 Å². The molecule has 0 aromatic rings. The molecule has 0 radical (unpaired) electrons. The van der Waals surface area contributed by atoms with E-state index in [2.05, 4.69) is 38.3 Å². The maximum atomic E-state index is 5.80. The number of nitrogens with one attached hydrogen (secondary N) is 1. The van der Waals surface area contributed by atoms with Crippen LogP contribution >= 0.6 is 0 Å². The Labute approximate surface area is 99.5 Å². The van der Waals surface area contributed by atoms with Gasteiger partial charge in [0.2, 0.25) is 0 Å². The van der Waals surface area contributed by atoms with Gasteiger partial charge in [0.15, 0.2) is 0 Å². The second-order valence-corrected chi connectivity index (χ2v) is 4.97. The number of hydrazine groups is 1. The van der Waals surface area contributed by atoms with Gasteiger partial charge in [0.1, 0.15) is 0 Å². The summed E-state index contributed by atoms with van der Waals surface area (Å²) in [5.41, 5.74) is 3.18. The molecule has 2 atom stereocenters. The fourth-order valence-electron chi connectivity index (χ4n) is 3.15. The maximum absolute atomic E-state index is 5.80. The van der Waals surface area contributed by atoms with E-state index >= 15 is 0 Å². The SMILES string of the molecule is CCC(CC)(C(NN)C1CCOC1)N(C)C. The lowest BCUT2D eigenvalue weighted by Gasteiger charge is -2.47. The molecule has 4 nitrogen and oxygen atoms in total. The lowest BCUT2D eigenvalue weighted by molar-refractivity contribution is 0.0540. The van der Waals surface area contributed by atoms with Crippen LogP contribution in [-0.2, 0) is 4.74 Å². The highest BCUT2D eigenvalue weighted by Gasteiger charge is 2.42. The van der Waals surface area contributed by atoms with Crippen LogP contribution in [0.15, 0.2) is 0 Å². The molecule has 0 aliphatic carbocycles. The van der Waals surface area contributed by atoms with E-state index in [1.54, 1.807) is 0 Å². The Balaban J connectivity index is 2.87. The average Bonchev–Trinajstić information content (AvgIpc) is 2.78. The van der Waals surface area contributed by atoms with Crippen LogP contribution in [0.25, 0.3) is 0 Å². The van der Waals surface area contributed by atoms with Crippen molar-refractivity contribution in [3.8, 4) is 0 Å². The molecule has 0 aromatic carbocycles. The van der Waals surface area contributed by atoms with E-state index in [0.29, 0.717) is 12.0 Å². The summed E-state index contributed by atoms with van der Waals surface area (Å²) >= 11 is 0. The Morgan fingerprint density at radius 2 is 2.06 bits per heavy atom. The molecule has 0 spiro atoms. The normalized spacial score (nSPS) is 24.0. The van der Waals surface area contributed by atoms with Crippen molar-refractivity contribution in [2.45, 2.75) is 44.7 Å². The first kappa shape index (κ1) is 13.9. The van der Waals surface area contributed by atoms with E-state index in [1.807, 2.05) is 0 Å². The molecule has 1 saturated heterocycles. The molecule has 1 aliphatic rings. The molecule has 1 aliphatic heterocycles. The molecule has 2 unspecified atom stereocenters. The first-order chi connectivity index (χ1) is 7.62. The molecule has 1 fully saturated rings. The summed E-state index contributed by atoms with van der Waals surface area (Å²) in [5, 5.41) is 0. The minimum Gasteiger partial charge on any atom is -0.381 e. The predicted octanol–water partition coefficient (Wildman–Crippen LogP) is 0.975. The van der Waals surface area contributed by atoms with E-state index in [9.17, 15) is 0 Å². The number of likely N-dealkylation sites (N-methyl/N-ethyl adjacent to an activating group) is 1. The van der Waals surface area contributed by atoms with Crippen molar-refractivity contribution in [3.05, 3.63) is 0 Å². The minimum absolute atomic E-state index is 0.132. The summed E-state index contributed by atoms with van der Waals surface area (Å²) in [6.07, 6.45) is 3.31. The summed E-state index contributed by atoms with van der Waals surface area (Å²) in [6.45, 7) is 6.19. The number of nitrogens with two attached hydrogens (primary N) is 1. The molecule has 1 rings (SSSR count). The van der Waals surface area contributed by atoms with Gasteiger partial charge < -0.3 is 9.64 Å². The molecule has 0 bridgehead atoms. The highest BCUT2D eigenvalue weighted by atomic mass is 16.5.